The van der Waals surface area contributed by atoms with Crippen LogP contribution in [0, 0.1) is 0 Å². The van der Waals surface area contributed by atoms with Gasteiger partial charge in [0.25, 0.3) is 11.8 Å². The second-order valence-corrected chi connectivity index (χ2v) is 8.07. The average molecular weight is 505 g/mol. The van der Waals surface area contributed by atoms with E-state index in [4.69, 9.17) is 9.47 Å². The summed E-state index contributed by atoms with van der Waals surface area (Å²) >= 11 is 3.34. The van der Waals surface area contributed by atoms with E-state index in [0.29, 0.717) is 28.4 Å². The first-order valence-electron chi connectivity index (χ1n) is 10.00. The van der Waals surface area contributed by atoms with Crippen LogP contribution in [-0.4, -0.2) is 24.6 Å². The highest BCUT2D eigenvalue weighted by molar-refractivity contribution is 9.10. The lowest BCUT2D eigenvalue weighted by Gasteiger charge is -2.18. The highest BCUT2D eigenvalue weighted by Gasteiger charge is 2.33. The first-order valence-corrected chi connectivity index (χ1v) is 10.8. The van der Waals surface area contributed by atoms with E-state index in [9.17, 15) is 9.59 Å². The van der Waals surface area contributed by atoms with Gasteiger partial charge in [-0.2, -0.15) is 0 Å². The van der Waals surface area contributed by atoms with Crippen LogP contribution < -0.4 is 25.1 Å². The molecule has 0 unspecified atom stereocenters. The number of guanidine groups is 1. The van der Waals surface area contributed by atoms with E-state index in [-0.39, 0.29) is 18.7 Å². The third-order valence-corrected chi connectivity index (χ3v) is 5.52. The molecule has 5 rings (SSSR count). The molecule has 0 saturated carbocycles. The first kappa shape index (κ1) is 20.8. The largest absolute Gasteiger partial charge is 0.454 e. The average Bonchev–Trinajstić information content (AvgIpc) is 3.42. The third kappa shape index (κ3) is 4.31. The number of fused-ring (bicyclic) bond motifs is 1. The molecule has 0 bridgehead atoms. The van der Waals surface area contributed by atoms with Crippen molar-refractivity contribution in [3.63, 3.8) is 0 Å². The van der Waals surface area contributed by atoms with Crippen molar-refractivity contribution in [2.75, 3.05) is 11.7 Å². The van der Waals surface area contributed by atoms with Gasteiger partial charge in [0.05, 0.1) is 0 Å². The van der Waals surface area contributed by atoms with E-state index in [1.165, 1.54) is 0 Å². The number of nitrogens with one attached hydrogen (secondary N) is 2. The Balaban J connectivity index is 1.48. The number of carbonyl (C=O) groups excluding carboxylic acids is 2. The Labute approximate surface area is 197 Å². The number of carbonyl (C=O) groups is 2. The smallest absolute Gasteiger partial charge is 0.275 e. The fourth-order valence-electron chi connectivity index (χ4n) is 3.41. The second-order valence-electron chi connectivity index (χ2n) is 7.15. The summed E-state index contributed by atoms with van der Waals surface area (Å²) in [5.74, 6) is 0.706. The van der Waals surface area contributed by atoms with Gasteiger partial charge in [-0.25, -0.2) is 5.43 Å². The summed E-state index contributed by atoms with van der Waals surface area (Å²) in [6, 6.07) is 21.6. The van der Waals surface area contributed by atoms with E-state index < -0.39 is 5.91 Å². The van der Waals surface area contributed by atoms with Crippen molar-refractivity contribution in [3.05, 3.63) is 94.1 Å². The zero-order valence-electron chi connectivity index (χ0n) is 17.1. The molecule has 0 radical (unpaired) electrons. The molecule has 33 heavy (non-hydrogen) atoms. The summed E-state index contributed by atoms with van der Waals surface area (Å²) in [6.07, 6.45) is 1.73. The predicted octanol–water partition coefficient (Wildman–Crippen LogP) is 3.86. The van der Waals surface area contributed by atoms with Crippen LogP contribution in [0.1, 0.15) is 15.9 Å². The molecule has 0 atom stereocenters. The SMILES string of the molecule is O=C1NC(=NNC(=O)c2ccc(Br)cc2)N(c2ccccc2)/C1=C/c1ccc2c(c1)OCO2. The Morgan fingerprint density at radius 1 is 1.03 bits per heavy atom. The number of nitrogens with zero attached hydrogens (tertiary/aromatic N) is 2. The number of ether oxygens (including phenoxy) is 2. The molecule has 1 saturated heterocycles. The van der Waals surface area contributed by atoms with Crippen molar-refractivity contribution in [1.29, 1.82) is 0 Å². The maximum absolute atomic E-state index is 12.9. The topological polar surface area (TPSA) is 92.3 Å². The molecule has 2 aliphatic rings. The Morgan fingerprint density at radius 3 is 2.58 bits per heavy atom. The molecule has 3 aromatic carbocycles. The monoisotopic (exact) mass is 504 g/mol. The van der Waals surface area contributed by atoms with Crippen LogP contribution in [0.25, 0.3) is 6.08 Å². The lowest BCUT2D eigenvalue weighted by Crippen LogP contribution is -2.33. The maximum atomic E-state index is 12.9. The Bertz CT molecular complexity index is 1290. The molecule has 164 valence electrons. The van der Waals surface area contributed by atoms with Crippen LogP contribution >= 0.6 is 15.9 Å². The van der Waals surface area contributed by atoms with Crippen LogP contribution in [-0.2, 0) is 4.79 Å². The molecule has 0 aromatic heterocycles. The molecule has 2 heterocycles. The van der Waals surface area contributed by atoms with Crippen molar-refractivity contribution < 1.29 is 19.1 Å². The lowest BCUT2D eigenvalue weighted by atomic mass is 10.1. The summed E-state index contributed by atoms with van der Waals surface area (Å²) in [4.78, 5) is 27.0. The van der Waals surface area contributed by atoms with E-state index in [2.05, 4.69) is 31.8 Å². The van der Waals surface area contributed by atoms with Gasteiger partial charge >= 0.3 is 0 Å². The van der Waals surface area contributed by atoms with Gasteiger partial charge in [0.2, 0.25) is 12.8 Å². The van der Waals surface area contributed by atoms with E-state index in [1.54, 1.807) is 47.4 Å². The molecular weight excluding hydrogens is 488 g/mol. The van der Waals surface area contributed by atoms with Gasteiger partial charge in [0, 0.05) is 15.7 Å². The number of rotatable bonds is 4. The molecule has 2 N–H and O–H groups in total. The summed E-state index contributed by atoms with van der Waals surface area (Å²) in [7, 11) is 0. The Kier molecular flexibility index (Phi) is 5.54. The van der Waals surface area contributed by atoms with Crippen LogP contribution in [0.4, 0.5) is 5.69 Å². The standard InChI is InChI=1S/C24H17BrN4O4/c25-17-9-7-16(8-10-17)22(30)27-28-24-26-23(31)19(29(24)18-4-2-1-3-5-18)12-15-6-11-20-21(13-15)33-14-32-20/h1-13H,14H2,(H,27,30)(H,26,28,31)/b19-12+. The highest BCUT2D eigenvalue weighted by atomic mass is 79.9. The number of para-hydroxylation sites is 1. The summed E-state index contributed by atoms with van der Waals surface area (Å²) < 4.78 is 11.7. The van der Waals surface area contributed by atoms with E-state index >= 15 is 0 Å². The zero-order chi connectivity index (χ0) is 22.8. The van der Waals surface area contributed by atoms with Gasteiger partial charge in [-0.05, 0) is 60.2 Å². The summed E-state index contributed by atoms with van der Waals surface area (Å²) in [5.41, 5.74) is 4.76. The van der Waals surface area contributed by atoms with Gasteiger partial charge in [-0.1, -0.05) is 40.2 Å². The van der Waals surface area contributed by atoms with Crippen molar-refractivity contribution in [1.82, 2.24) is 10.7 Å². The molecule has 2 aliphatic heterocycles. The molecule has 9 heteroatoms. The van der Waals surface area contributed by atoms with Crippen LogP contribution in [0.3, 0.4) is 0 Å². The summed E-state index contributed by atoms with van der Waals surface area (Å²) in [5, 5.41) is 6.93. The molecular formula is C24H17BrN4O4. The highest BCUT2D eigenvalue weighted by Crippen LogP contribution is 2.34. The van der Waals surface area contributed by atoms with E-state index in [0.717, 1.165) is 10.0 Å². The van der Waals surface area contributed by atoms with Crippen molar-refractivity contribution in [3.8, 4) is 11.5 Å². The molecule has 0 aliphatic carbocycles. The number of hydrogen-bond acceptors (Lipinski definition) is 5. The number of benzene rings is 3. The van der Waals surface area contributed by atoms with Gasteiger partial charge in [-0.3, -0.25) is 19.8 Å². The van der Waals surface area contributed by atoms with Crippen LogP contribution in [0.2, 0.25) is 0 Å². The molecule has 0 spiro atoms. The van der Waals surface area contributed by atoms with Crippen LogP contribution in [0.15, 0.2) is 88.1 Å². The van der Waals surface area contributed by atoms with Crippen molar-refractivity contribution in [2.24, 2.45) is 5.10 Å². The minimum Gasteiger partial charge on any atom is -0.454 e. The van der Waals surface area contributed by atoms with Crippen molar-refractivity contribution >= 4 is 45.5 Å². The normalized spacial score (nSPS) is 16.9. The second kappa shape index (κ2) is 8.79. The first-order chi connectivity index (χ1) is 16.1. The predicted molar refractivity (Wildman–Crippen MR) is 127 cm³/mol. The Hall–Kier alpha value is -4.11. The molecule has 8 nitrogen and oxygen atoms in total. The van der Waals surface area contributed by atoms with Crippen LogP contribution in [0.5, 0.6) is 11.5 Å². The third-order valence-electron chi connectivity index (χ3n) is 4.99. The number of hydrazone groups is 1. The minimum atomic E-state index is -0.398. The molecule has 2 amide bonds. The number of halogens is 1. The Morgan fingerprint density at radius 2 is 1.79 bits per heavy atom. The fourth-order valence-corrected chi connectivity index (χ4v) is 3.68. The molecule has 1 fully saturated rings. The number of anilines is 1. The number of hydrogen-bond donors (Lipinski definition) is 2. The van der Waals surface area contributed by atoms with E-state index in [1.807, 2.05) is 36.4 Å². The van der Waals surface area contributed by atoms with Gasteiger partial charge in [0.1, 0.15) is 5.70 Å². The fraction of sp³-hybridized carbons (Fsp3) is 0.0417. The van der Waals surface area contributed by atoms with Crippen molar-refractivity contribution in [2.45, 2.75) is 0 Å². The molecule has 3 aromatic rings. The lowest BCUT2D eigenvalue weighted by molar-refractivity contribution is -0.115. The zero-order valence-corrected chi connectivity index (χ0v) is 18.7. The minimum absolute atomic E-state index is 0.168. The number of amides is 2. The van der Waals surface area contributed by atoms with Gasteiger partial charge in [0.15, 0.2) is 11.5 Å². The quantitative estimate of drug-likeness (QED) is 0.415. The van der Waals surface area contributed by atoms with Gasteiger partial charge in [-0.15, -0.1) is 5.10 Å². The summed E-state index contributed by atoms with van der Waals surface area (Å²) in [6.45, 7) is 0.168. The maximum Gasteiger partial charge on any atom is 0.275 e. The van der Waals surface area contributed by atoms with Gasteiger partial charge < -0.3 is 9.47 Å².